The molecule has 1 saturated heterocycles. The van der Waals surface area contributed by atoms with Gasteiger partial charge in [0.05, 0.1) is 12.5 Å². The van der Waals surface area contributed by atoms with Crippen molar-refractivity contribution in [2.75, 3.05) is 0 Å². The normalized spacial score (nSPS) is 22.8. The van der Waals surface area contributed by atoms with E-state index in [0.717, 1.165) is 4.88 Å². The SMILES string of the molecule is O=C(O)C[C@@H]1CC[C@H](CC(=O)Cc2cccs2)B(O)O1. The first-order valence-corrected chi connectivity index (χ1v) is 7.52. The smallest absolute Gasteiger partial charge is 0.458 e. The first-order chi connectivity index (χ1) is 9.54. The molecule has 0 bridgehead atoms. The average Bonchev–Trinajstić information content (AvgIpc) is 2.84. The van der Waals surface area contributed by atoms with E-state index in [1.165, 1.54) is 0 Å². The van der Waals surface area contributed by atoms with Crippen LogP contribution in [0.3, 0.4) is 0 Å². The van der Waals surface area contributed by atoms with Gasteiger partial charge in [0.15, 0.2) is 0 Å². The molecule has 1 aliphatic heterocycles. The van der Waals surface area contributed by atoms with Crippen LogP contribution in [0.2, 0.25) is 5.82 Å². The number of Topliss-reactive ketones (excluding diaryl/α,β-unsaturated/α-hetero) is 1. The summed E-state index contributed by atoms with van der Waals surface area (Å²) in [6.45, 7) is 0. The van der Waals surface area contributed by atoms with Crippen molar-refractivity contribution in [3.05, 3.63) is 22.4 Å². The minimum Gasteiger partial charge on any atom is -0.481 e. The van der Waals surface area contributed by atoms with Crippen LogP contribution in [0.4, 0.5) is 0 Å². The summed E-state index contributed by atoms with van der Waals surface area (Å²) in [4.78, 5) is 23.5. The molecule has 2 N–H and O–H groups in total. The van der Waals surface area contributed by atoms with Gasteiger partial charge in [0.25, 0.3) is 0 Å². The lowest BCUT2D eigenvalue weighted by Gasteiger charge is -2.30. The Morgan fingerprint density at radius 1 is 1.40 bits per heavy atom. The fourth-order valence-electron chi connectivity index (χ4n) is 2.44. The number of carboxylic acids is 1. The molecule has 0 aliphatic carbocycles. The first-order valence-electron chi connectivity index (χ1n) is 6.64. The van der Waals surface area contributed by atoms with Crippen molar-refractivity contribution in [2.45, 2.75) is 44.0 Å². The van der Waals surface area contributed by atoms with E-state index in [1.807, 2.05) is 17.5 Å². The standard InChI is InChI=1S/C13H17BO5S/c15-10(7-12-2-1-5-20-12)6-9-3-4-11(8-13(16)17)19-14(9)18/h1-2,5,9,11,18H,3-4,6-8H2,(H,16,17)/t9-,11+/m1/s1. The maximum atomic E-state index is 11.9. The summed E-state index contributed by atoms with van der Waals surface area (Å²) in [5.74, 6) is -1.08. The van der Waals surface area contributed by atoms with Crippen molar-refractivity contribution < 1.29 is 24.4 Å². The van der Waals surface area contributed by atoms with Crippen LogP contribution >= 0.6 is 11.3 Å². The highest BCUT2D eigenvalue weighted by Crippen LogP contribution is 2.31. The zero-order valence-electron chi connectivity index (χ0n) is 11.0. The molecule has 7 heteroatoms. The monoisotopic (exact) mass is 296 g/mol. The zero-order chi connectivity index (χ0) is 14.5. The third kappa shape index (κ3) is 4.43. The lowest BCUT2D eigenvalue weighted by Crippen LogP contribution is -2.38. The molecule has 0 spiro atoms. The van der Waals surface area contributed by atoms with Crippen LogP contribution in [-0.4, -0.2) is 35.1 Å². The molecule has 1 aliphatic rings. The van der Waals surface area contributed by atoms with Crippen LogP contribution in [0, 0.1) is 0 Å². The lowest BCUT2D eigenvalue weighted by atomic mass is 9.64. The highest BCUT2D eigenvalue weighted by molar-refractivity contribution is 7.10. The van der Waals surface area contributed by atoms with Gasteiger partial charge in [-0.15, -0.1) is 11.3 Å². The highest BCUT2D eigenvalue weighted by atomic mass is 32.1. The third-order valence-electron chi connectivity index (χ3n) is 3.44. The summed E-state index contributed by atoms with van der Waals surface area (Å²) >= 11 is 1.54. The van der Waals surface area contributed by atoms with Gasteiger partial charge in [0, 0.05) is 23.5 Å². The second kappa shape index (κ2) is 7.01. The van der Waals surface area contributed by atoms with Gasteiger partial charge in [-0.3, -0.25) is 9.59 Å². The van der Waals surface area contributed by atoms with Gasteiger partial charge in [-0.05, 0) is 24.3 Å². The van der Waals surface area contributed by atoms with Crippen LogP contribution in [0.25, 0.3) is 0 Å². The average molecular weight is 296 g/mol. The number of hydrogen-bond donors (Lipinski definition) is 2. The van der Waals surface area contributed by atoms with E-state index >= 15 is 0 Å². The number of thiophene rings is 1. The van der Waals surface area contributed by atoms with Crippen LogP contribution < -0.4 is 0 Å². The molecule has 2 rings (SSSR count). The van der Waals surface area contributed by atoms with Crippen LogP contribution in [-0.2, 0) is 20.7 Å². The van der Waals surface area contributed by atoms with Crippen LogP contribution in [0.15, 0.2) is 17.5 Å². The Hall–Kier alpha value is -1.18. The Bertz CT molecular complexity index is 461. The highest BCUT2D eigenvalue weighted by Gasteiger charge is 2.36. The Balaban J connectivity index is 1.79. The van der Waals surface area contributed by atoms with Crippen LogP contribution in [0.1, 0.15) is 30.6 Å². The molecule has 0 aromatic carbocycles. The third-order valence-corrected chi connectivity index (χ3v) is 4.31. The van der Waals surface area contributed by atoms with Crippen molar-refractivity contribution in [3.8, 4) is 0 Å². The van der Waals surface area contributed by atoms with E-state index in [9.17, 15) is 14.6 Å². The van der Waals surface area contributed by atoms with Crippen molar-refractivity contribution in [3.63, 3.8) is 0 Å². The van der Waals surface area contributed by atoms with E-state index in [4.69, 9.17) is 9.76 Å². The van der Waals surface area contributed by atoms with Gasteiger partial charge >= 0.3 is 13.1 Å². The summed E-state index contributed by atoms with van der Waals surface area (Å²) in [6, 6.07) is 3.82. The van der Waals surface area contributed by atoms with Gasteiger partial charge < -0.3 is 14.8 Å². The maximum Gasteiger partial charge on any atom is 0.458 e. The topological polar surface area (TPSA) is 83.8 Å². The fraction of sp³-hybridized carbons (Fsp3) is 0.538. The van der Waals surface area contributed by atoms with Crippen LogP contribution in [0.5, 0.6) is 0 Å². The van der Waals surface area contributed by atoms with E-state index in [2.05, 4.69) is 0 Å². The Labute approximate surface area is 121 Å². The van der Waals surface area contributed by atoms with Gasteiger partial charge in [-0.25, -0.2) is 0 Å². The van der Waals surface area contributed by atoms with Crippen molar-refractivity contribution in [1.82, 2.24) is 0 Å². The van der Waals surface area contributed by atoms with E-state index in [0.29, 0.717) is 19.3 Å². The quantitative estimate of drug-likeness (QED) is 0.781. The molecule has 1 aromatic heterocycles. The van der Waals surface area contributed by atoms with Crippen molar-refractivity contribution >= 4 is 30.2 Å². The number of rotatable bonds is 6. The molecule has 108 valence electrons. The predicted octanol–water partition coefficient (Wildman–Crippen LogP) is 1.75. The second-order valence-electron chi connectivity index (χ2n) is 5.08. The number of hydrogen-bond acceptors (Lipinski definition) is 5. The molecule has 5 nitrogen and oxygen atoms in total. The molecule has 0 unspecified atom stereocenters. The molecule has 0 amide bonds. The molecule has 2 heterocycles. The molecule has 20 heavy (non-hydrogen) atoms. The molecular formula is C13H17BO5S. The van der Waals surface area contributed by atoms with Gasteiger partial charge in [-0.1, -0.05) is 6.07 Å². The molecule has 2 atom stereocenters. The van der Waals surface area contributed by atoms with Gasteiger partial charge in [-0.2, -0.15) is 0 Å². The molecule has 1 aromatic rings. The predicted molar refractivity (Wildman–Crippen MR) is 75.7 cm³/mol. The summed E-state index contributed by atoms with van der Waals surface area (Å²) < 4.78 is 5.27. The summed E-state index contributed by atoms with van der Waals surface area (Å²) in [5, 5.41) is 20.5. The number of carbonyl (C=O) groups is 2. The second-order valence-corrected chi connectivity index (χ2v) is 6.12. The van der Waals surface area contributed by atoms with E-state index in [1.54, 1.807) is 11.3 Å². The van der Waals surface area contributed by atoms with Crippen molar-refractivity contribution in [2.24, 2.45) is 0 Å². The molecule has 0 saturated carbocycles. The summed E-state index contributed by atoms with van der Waals surface area (Å²) in [5.41, 5.74) is 0. The Morgan fingerprint density at radius 2 is 2.20 bits per heavy atom. The van der Waals surface area contributed by atoms with E-state index < -0.39 is 19.2 Å². The zero-order valence-corrected chi connectivity index (χ0v) is 11.8. The first kappa shape index (κ1) is 15.2. The number of carbonyl (C=O) groups excluding carboxylic acids is 1. The summed E-state index contributed by atoms with van der Waals surface area (Å²) in [6.07, 6.45) is 1.30. The molecule has 1 fully saturated rings. The minimum absolute atomic E-state index is 0.0804. The van der Waals surface area contributed by atoms with Crippen molar-refractivity contribution in [1.29, 1.82) is 0 Å². The van der Waals surface area contributed by atoms with E-state index in [-0.39, 0.29) is 24.4 Å². The lowest BCUT2D eigenvalue weighted by molar-refractivity contribution is -0.139. The number of aliphatic carboxylic acids is 1. The number of ketones is 1. The summed E-state index contributed by atoms with van der Waals surface area (Å²) in [7, 11) is -1.04. The Morgan fingerprint density at radius 3 is 2.80 bits per heavy atom. The number of carboxylic acid groups (broad SMARTS) is 1. The van der Waals surface area contributed by atoms with Gasteiger partial charge in [0.1, 0.15) is 5.78 Å². The van der Waals surface area contributed by atoms with Gasteiger partial charge in [0.2, 0.25) is 0 Å². The molecule has 0 radical (unpaired) electrons. The minimum atomic E-state index is -1.04. The Kier molecular flexibility index (Phi) is 5.34. The fourth-order valence-corrected chi connectivity index (χ4v) is 3.17. The maximum absolute atomic E-state index is 11.9. The molecular weight excluding hydrogens is 279 g/mol. The largest absolute Gasteiger partial charge is 0.481 e.